The number of fused-ring (bicyclic) bond motifs is 1. The molecule has 2 nitrogen and oxygen atoms in total. The minimum Gasteiger partial charge on any atom is -0.395 e. The molecule has 0 N–H and O–H groups in total. The highest BCUT2D eigenvalue weighted by atomic mass is 35.5. The molecular weight excluding hydrogens is 214 g/mol. The van der Waals surface area contributed by atoms with Gasteiger partial charge in [-0.3, -0.25) is 0 Å². The van der Waals surface area contributed by atoms with Crippen LogP contribution in [0.25, 0.3) is 0 Å². The van der Waals surface area contributed by atoms with E-state index in [0.29, 0.717) is 5.56 Å². The summed E-state index contributed by atoms with van der Waals surface area (Å²) in [4.78, 5) is 0. The van der Waals surface area contributed by atoms with Gasteiger partial charge in [0.2, 0.25) is 0 Å². The van der Waals surface area contributed by atoms with Gasteiger partial charge in [-0.2, -0.15) is 0 Å². The molecule has 0 unspecified atom stereocenters. The summed E-state index contributed by atoms with van der Waals surface area (Å²) in [7, 11) is 0. The smallest absolute Gasteiger partial charge is 0.395 e. The van der Waals surface area contributed by atoms with Crippen LogP contribution >= 0.6 is 11.6 Å². The standard InChI is InChI=1S/C9H7ClF2O2/c1-5(10)6-2-3-7-8(4-6)14-9(11,12)13-7/h2-5H,1H3/t5-/m1/s1. The zero-order chi connectivity index (χ0) is 10.3. The number of alkyl halides is 3. The van der Waals surface area contributed by atoms with Gasteiger partial charge in [-0.15, -0.1) is 20.4 Å². The summed E-state index contributed by atoms with van der Waals surface area (Å²) in [6.07, 6.45) is -3.56. The quantitative estimate of drug-likeness (QED) is 0.676. The van der Waals surface area contributed by atoms with Gasteiger partial charge in [0.1, 0.15) is 0 Å². The van der Waals surface area contributed by atoms with Gasteiger partial charge in [-0.05, 0) is 24.6 Å². The van der Waals surface area contributed by atoms with Crippen molar-refractivity contribution in [2.75, 3.05) is 0 Å². The van der Waals surface area contributed by atoms with Gasteiger partial charge in [0.15, 0.2) is 11.5 Å². The summed E-state index contributed by atoms with van der Waals surface area (Å²) in [5.74, 6) is 0.0658. The molecule has 0 radical (unpaired) electrons. The van der Waals surface area contributed by atoms with Crippen LogP contribution in [0.1, 0.15) is 17.9 Å². The number of hydrogen-bond donors (Lipinski definition) is 0. The summed E-state index contributed by atoms with van der Waals surface area (Å²) in [5.41, 5.74) is 0.715. The monoisotopic (exact) mass is 220 g/mol. The fraction of sp³-hybridized carbons (Fsp3) is 0.333. The van der Waals surface area contributed by atoms with Crippen LogP contribution in [0, 0.1) is 0 Å². The molecule has 1 aliphatic heterocycles. The molecular formula is C9H7ClF2O2. The van der Waals surface area contributed by atoms with E-state index in [1.54, 1.807) is 13.0 Å². The van der Waals surface area contributed by atoms with Crippen molar-refractivity contribution in [2.45, 2.75) is 18.6 Å². The average molecular weight is 221 g/mol. The summed E-state index contributed by atoms with van der Waals surface area (Å²) in [6, 6.07) is 4.50. The van der Waals surface area contributed by atoms with Crippen molar-refractivity contribution in [3.63, 3.8) is 0 Å². The van der Waals surface area contributed by atoms with Crippen LogP contribution in [0.5, 0.6) is 11.5 Å². The van der Waals surface area contributed by atoms with Gasteiger partial charge < -0.3 is 9.47 Å². The van der Waals surface area contributed by atoms with Crippen LogP contribution in [0.2, 0.25) is 0 Å². The van der Waals surface area contributed by atoms with E-state index in [4.69, 9.17) is 11.6 Å². The molecule has 0 bridgehead atoms. The Kier molecular flexibility index (Phi) is 2.03. The van der Waals surface area contributed by atoms with Crippen molar-refractivity contribution in [2.24, 2.45) is 0 Å². The van der Waals surface area contributed by atoms with E-state index < -0.39 is 6.29 Å². The normalized spacial score (nSPS) is 19.4. The van der Waals surface area contributed by atoms with Crippen molar-refractivity contribution in [3.05, 3.63) is 23.8 Å². The zero-order valence-electron chi connectivity index (χ0n) is 7.26. The average Bonchev–Trinajstić information content (AvgIpc) is 2.36. The van der Waals surface area contributed by atoms with Crippen molar-refractivity contribution in [1.82, 2.24) is 0 Å². The Labute approximate surface area is 84.4 Å². The van der Waals surface area contributed by atoms with Gasteiger partial charge in [0.25, 0.3) is 0 Å². The van der Waals surface area contributed by atoms with E-state index >= 15 is 0 Å². The molecule has 0 fully saturated rings. The van der Waals surface area contributed by atoms with E-state index in [9.17, 15) is 8.78 Å². The summed E-state index contributed by atoms with van der Waals surface area (Å²) >= 11 is 5.79. The molecule has 0 saturated heterocycles. The molecule has 1 aromatic rings. The van der Waals surface area contributed by atoms with Crippen LogP contribution in [0.15, 0.2) is 18.2 Å². The number of ether oxygens (including phenoxy) is 2. The van der Waals surface area contributed by atoms with Gasteiger partial charge >= 0.3 is 6.29 Å². The molecule has 1 heterocycles. The highest BCUT2D eigenvalue weighted by Crippen LogP contribution is 2.42. The van der Waals surface area contributed by atoms with E-state index in [1.807, 2.05) is 0 Å². The second-order valence-electron chi connectivity index (χ2n) is 2.99. The SMILES string of the molecule is C[C@@H](Cl)c1ccc2c(c1)OC(F)(F)O2. The minimum absolute atomic E-state index is 0.0278. The Bertz CT molecular complexity index is 366. The molecule has 0 aliphatic carbocycles. The maximum absolute atomic E-state index is 12.6. The maximum atomic E-state index is 12.6. The molecule has 0 spiro atoms. The Balaban J connectivity index is 2.36. The number of halogens is 3. The zero-order valence-corrected chi connectivity index (χ0v) is 8.02. The Hall–Kier alpha value is -1.03. The van der Waals surface area contributed by atoms with E-state index in [2.05, 4.69) is 9.47 Å². The molecule has 2 rings (SSSR count). The highest BCUT2D eigenvalue weighted by Gasteiger charge is 2.43. The molecule has 0 saturated carbocycles. The van der Waals surface area contributed by atoms with E-state index in [0.717, 1.165) is 0 Å². The first-order chi connectivity index (χ1) is 6.48. The topological polar surface area (TPSA) is 18.5 Å². The van der Waals surface area contributed by atoms with Gasteiger partial charge in [0, 0.05) is 0 Å². The highest BCUT2D eigenvalue weighted by molar-refractivity contribution is 6.20. The summed E-state index contributed by atoms with van der Waals surface area (Å²) in [5, 5.41) is -0.252. The first kappa shape index (κ1) is 9.52. The molecule has 0 aromatic heterocycles. The fourth-order valence-electron chi connectivity index (χ4n) is 1.21. The third-order valence-corrected chi connectivity index (χ3v) is 2.14. The molecule has 0 amide bonds. The lowest BCUT2D eigenvalue weighted by Crippen LogP contribution is -2.25. The predicted octanol–water partition coefficient (Wildman–Crippen LogP) is 3.31. The molecule has 76 valence electrons. The Morgan fingerprint density at radius 3 is 2.57 bits per heavy atom. The van der Waals surface area contributed by atoms with Crippen molar-refractivity contribution in [3.8, 4) is 11.5 Å². The second kappa shape index (κ2) is 2.98. The van der Waals surface area contributed by atoms with Crippen LogP contribution in [-0.2, 0) is 0 Å². The maximum Gasteiger partial charge on any atom is 0.586 e. The van der Waals surface area contributed by atoms with Crippen LogP contribution in [0.3, 0.4) is 0 Å². The first-order valence-corrected chi connectivity index (χ1v) is 4.45. The minimum atomic E-state index is -3.56. The number of hydrogen-bond acceptors (Lipinski definition) is 2. The molecule has 1 aromatic carbocycles. The van der Waals surface area contributed by atoms with E-state index in [1.165, 1.54) is 12.1 Å². The lowest BCUT2D eigenvalue weighted by atomic mass is 10.1. The number of benzene rings is 1. The van der Waals surface area contributed by atoms with Crippen LogP contribution in [-0.4, -0.2) is 6.29 Å². The Morgan fingerprint density at radius 2 is 1.93 bits per heavy atom. The molecule has 5 heteroatoms. The summed E-state index contributed by atoms with van der Waals surface area (Å²) in [6.45, 7) is 1.75. The predicted molar refractivity (Wildman–Crippen MR) is 46.9 cm³/mol. The molecule has 1 atom stereocenters. The van der Waals surface area contributed by atoms with Gasteiger partial charge in [0.05, 0.1) is 5.38 Å². The van der Waals surface area contributed by atoms with Gasteiger partial charge in [-0.25, -0.2) is 0 Å². The third-order valence-electron chi connectivity index (χ3n) is 1.88. The third kappa shape index (κ3) is 1.62. The lowest BCUT2D eigenvalue weighted by Gasteiger charge is -2.04. The largest absolute Gasteiger partial charge is 0.586 e. The van der Waals surface area contributed by atoms with Gasteiger partial charge in [-0.1, -0.05) is 6.07 Å². The van der Waals surface area contributed by atoms with Crippen LogP contribution in [0.4, 0.5) is 8.78 Å². The van der Waals surface area contributed by atoms with Crippen LogP contribution < -0.4 is 9.47 Å². The summed E-state index contributed by atoms with van der Waals surface area (Å²) < 4.78 is 33.7. The molecule has 1 aliphatic rings. The van der Waals surface area contributed by atoms with E-state index in [-0.39, 0.29) is 16.9 Å². The fourth-order valence-corrected chi connectivity index (χ4v) is 1.35. The number of rotatable bonds is 1. The first-order valence-electron chi connectivity index (χ1n) is 4.02. The van der Waals surface area contributed by atoms with Crippen molar-refractivity contribution < 1.29 is 18.3 Å². The lowest BCUT2D eigenvalue weighted by molar-refractivity contribution is -0.286. The van der Waals surface area contributed by atoms with Crippen molar-refractivity contribution >= 4 is 11.6 Å². The van der Waals surface area contributed by atoms with Crippen molar-refractivity contribution in [1.29, 1.82) is 0 Å². The Morgan fingerprint density at radius 1 is 1.29 bits per heavy atom. The molecule has 14 heavy (non-hydrogen) atoms. The second-order valence-corrected chi connectivity index (χ2v) is 3.64.